The Balaban J connectivity index is 0.000000366. The molecule has 0 aromatic heterocycles. The number of ether oxygens (including phenoxy) is 7. The van der Waals surface area contributed by atoms with Crippen LogP contribution in [0.5, 0.6) is 0 Å². The van der Waals surface area contributed by atoms with E-state index < -0.39 is 95.6 Å². The second kappa shape index (κ2) is 22.2. The van der Waals surface area contributed by atoms with Crippen molar-refractivity contribution in [3.8, 4) is 0 Å². The number of hydrogen-bond acceptors (Lipinski definition) is 21. The van der Waals surface area contributed by atoms with Crippen molar-refractivity contribution in [2.45, 2.75) is 75.5 Å². The third-order valence-electron chi connectivity index (χ3n) is 8.38. The van der Waals surface area contributed by atoms with Crippen molar-refractivity contribution in [1.82, 2.24) is 0 Å². The quantitative estimate of drug-likeness (QED) is 0.0322. The van der Waals surface area contributed by atoms with Crippen molar-refractivity contribution in [1.29, 1.82) is 0 Å². The molecule has 0 N–H and O–H groups in total. The lowest BCUT2D eigenvalue weighted by Gasteiger charge is -2.39. The molecule has 5 unspecified atom stereocenters. The summed E-state index contributed by atoms with van der Waals surface area (Å²) in [5.41, 5.74) is 0. The van der Waals surface area contributed by atoms with Gasteiger partial charge in [0, 0.05) is 5.92 Å². The molecule has 0 aromatic carbocycles. The van der Waals surface area contributed by atoms with Gasteiger partial charge in [-0.1, -0.05) is 13.8 Å². The Hall–Kier alpha value is -1.83. The smallest absolute Gasteiger partial charge is 0.400 e. The van der Waals surface area contributed by atoms with Crippen LogP contribution in [0.15, 0.2) is 0 Å². The van der Waals surface area contributed by atoms with Crippen LogP contribution in [0.25, 0.3) is 0 Å². The molecule has 0 saturated carbocycles. The highest BCUT2D eigenvalue weighted by Crippen LogP contribution is 2.40. The van der Waals surface area contributed by atoms with Gasteiger partial charge in [0.15, 0.2) is 12.6 Å². The summed E-state index contributed by atoms with van der Waals surface area (Å²) in [7, 11) is -0.846. The molecule has 0 aliphatic carbocycles. The van der Waals surface area contributed by atoms with Crippen molar-refractivity contribution in [2.24, 2.45) is 17.8 Å². The summed E-state index contributed by atoms with van der Waals surface area (Å²) in [5, 5.41) is 0.345. The van der Waals surface area contributed by atoms with Gasteiger partial charge in [0.2, 0.25) is 16.3 Å². The van der Waals surface area contributed by atoms with E-state index in [4.69, 9.17) is 49.5 Å². The predicted octanol–water partition coefficient (Wildman–Crippen LogP) is -1.31. The summed E-state index contributed by atoms with van der Waals surface area (Å²) >= 11 is 0. The van der Waals surface area contributed by atoms with Crippen LogP contribution in [0.2, 0.25) is 0 Å². The molecule has 12 atom stereocenters. The fourth-order valence-electron chi connectivity index (χ4n) is 5.83. The molecule has 4 heterocycles. The highest BCUT2D eigenvalue weighted by atomic mass is 32.3. The van der Waals surface area contributed by atoms with Crippen LogP contribution in [-0.4, -0.2) is 161 Å². The van der Waals surface area contributed by atoms with Gasteiger partial charge < -0.3 is 42.2 Å². The van der Waals surface area contributed by atoms with Crippen molar-refractivity contribution in [3.63, 3.8) is 0 Å². The molecule has 2 radical (unpaired) electrons. The van der Waals surface area contributed by atoms with E-state index in [1.165, 1.54) is 7.11 Å². The molecule has 0 bridgehead atoms. The van der Waals surface area contributed by atoms with Gasteiger partial charge in [-0.05, 0) is 38.9 Å². The van der Waals surface area contributed by atoms with Crippen molar-refractivity contribution in [2.75, 3.05) is 59.3 Å². The van der Waals surface area contributed by atoms with Gasteiger partial charge in [0.25, 0.3) is 0 Å². The van der Waals surface area contributed by atoms with Crippen LogP contribution >= 0.6 is 8.03 Å². The number of hydrogen-bond donors (Lipinski definition) is 0. The molecule has 4 saturated heterocycles. The van der Waals surface area contributed by atoms with Crippen LogP contribution in [0.1, 0.15) is 27.2 Å². The zero-order chi connectivity index (χ0) is 41.0. The second-order valence-electron chi connectivity index (χ2n) is 11.9. The van der Waals surface area contributed by atoms with Crippen LogP contribution in [-0.2, 0) is 106 Å². The molecule has 26 heteroatoms. The molecule has 0 spiro atoms. The zero-order valence-corrected chi connectivity index (χ0v) is 33.8. The molecule has 4 rings (SSSR count). The lowest BCUT2D eigenvalue weighted by atomic mass is 10.0. The summed E-state index contributed by atoms with van der Waals surface area (Å²) in [5.74, 6) is -2.91. The summed E-state index contributed by atoms with van der Waals surface area (Å²) in [6.45, 7) is 7.01. The van der Waals surface area contributed by atoms with E-state index in [9.17, 15) is 35.8 Å². The first kappa shape index (κ1) is 48.3. The average Bonchev–Trinajstić information content (AvgIpc) is 3.39. The number of esters is 3. The standard InChI is InChI=1S/C17H30BO9PS2.C10H14O10S.CO2/c1-6-15-10(2)13(26-28(5)18)8-29(15)9-14-12(27-30(20,21)22)7-24-17(25-14)11(3)16(19)23-4;1-15-8(11)7(9(12)16-2)10-17-3-6-5(19-10)4-18-21(13,14)20-6;2-1-3/h10-15,17H,6-9H2,1-5H3;5-7,10H,3-4H2,1-2H3;/t10-,11?,12-,13+,14+,15+,17?,28?,29?;5-,6+,10?;/m01./s1. The number of methoxy groups -OCH3 is 3. The van der Waals surface area contributed by atoms with Gasteiger partial charge >= 0.3 is 34.5 Å². The lowest BCUT2D eigenvalue weighted by molar-refractivity contribution is -0.276. The highest BCUT2D eigenvalue weighted by molar-refractivity contribution is 7.97. The molecule has 21 nitrogen and oxygen atoms in total. The maximum absolute atomic E-state index is 11.9. The first-order valence-corrected chi connectivity index (χ1v) is 22.1. The SMILES string of the molecule is COC(=O)C(C(=O)OC)C1OC[C@@H]2OS(=O)(=O)OC[C@H]2O1.O=C=O.[B]P(C)O[C@@H]1C[S+](C[C@H]2OC(C(C)C(=O)OC)OC[C@@H]2OS(=O)(=O)[O-])[C@H](CC)[C@H]1C. The topological polar surface area (TPSA) is 278 Å². The summed E-state index contributed by atoms with van der Waals surface area (Å²) in [6, 6.07) is 0. The van der Waals surface area contributed by atoms with Gasteiger partial charge in [0.05, 0.1) is 41.2 Å². The van der Waals surface area contributed by atoms with E-state index in [1.807, 2.05) is 6.66 Å². The Kier molecular flexibility index (Phi) is 19.9. The Labute approximate surface area is 318 Å². The van der Waals surface area contributed by atoms with Crippen LogP contribution < -0.4 is 0 Å². The summed E-state index contributed by atoms with van der Waals surface area (Å²) < 4.78 is 111. The van der Waals surface area contributed by atoms with Crippen molar-refractivity contribution >= 4 is 71.3 Å². The average molecular weight is 855 g/mol. The van der Waals surface area contributed by atoms with Crippen molar-refractivity contribution in [3.05, 3.63) is 0 Å². The minimum absolute atomic E-state index is 0.0200. The Morgan fingerprint density at radius 2 is 1.54 bits per heavy atom. The molecule has 4 aliphatic rings. The predicted molar refractivity (Wildman–Crippen MR) is 181 cm³/mol. The van der Waals surface area contributed by atoms with Gasteiger partial charge in [-0.2, -0.15) is 18.0 Å². The van der Waals surface area contributed by atoms with Crippen molar-refractivity contribution < 1.29 is 95.6 Å². The Morgan fingerprint density at radius 3 is 2.06 bits per heavy atom. The van der Waals surface area contributed by atoms with Gasteiger partial charge in [-0.25, -0.2) is 16.8 Å². The molecule has 54 heavy (non-hydrogen) atoms. The number of carbonyl (C=O) groups is 3. The molecule has 308 valence electrons. The van der Waals surface area contributed by atoms with Crippen LogP contribution in [0, 0.1) is 17.8 Å². The highest BCUT2D eigenvalue weighted by Gasteiger charge is 2.52. The number of carbonyl (C=O) groups excluding carboxylic acids is 5. The number of rotatable bonds is 12. The second-order valence-corrected chi connectivity index (χ2v) is 17.8. The van der Waals surface area contributed by atoms with Crippen LogP contribution in [0.3, 0.4) is 0 Å². The number of fused-ring (bicyclic) bond motifs is 1. The Morgan fingerprint density at radius 1 is 0.963 bits per heavy atom. The van der Waals surface area contributed by atoms with Gasteiger partial charge in [-0.3, -0.25) is 18.6 Å². The molecule has 4 fully saturated rings. The van der Waals surface area contributed by atoms with Crippen LogP contribution in [0.4, 0.5) is 0 Å². The third-order valence-corrected chi connectivity index (χ3v) is 13.5. The minimum atomic E-state index is -4.94. The zero-order valence-electron chi connectivity index (χ0n) is 30.4. The normalized spacial score (nSPS) is 32.8. The van der Waals surface area contributed by atoms with E-state index in [-0.39, 0.29) is 43.0 Å². The summed E-state index contributed by atoms with van der Waals surface area (Å²) in [6.07, 6.45) is -4.51. The summed E-state index contributed by atoms with van der Waals surface area (Å²) in [4.78, 5) is 51.4. The van der Waals surface area contributed by atoms with Gasteiger partial charge in [0.1, 0.15) is 60.8 Å². The maximum atomic E-state index is 11.9. The first-order chi connectivity index (χ1) is 25.3. The monoisotopic (exact) mass is 854 g/mol. The molecule has 0 amide bonds. The van der Waals surface area contributed by atoms with Gasteiger partial charge in [-0.15, -0.1) is 0 Å². The van der Waals surface area contributed by atoms with E-state index in [1.54, 1.807) is 6.92 Å². The molecule has 0 aromatic rings. The van der Waals surface area contributed by atoms with E-state index in [2.05, 4.69) is 31.7 Å². The van der Waals surface area contributed by atoms with E-state index in [0.29, 0.717) is 16.9 Å². The van der Waals surface area contributed by atoms with E-state index >= 15 is 0 Å². The fraction of sp³-hybridized carbons (Fsp3) is 0.857. The molecular formula is C28H44BO21PS3. The fourth-order valence-corrected chi connectivity index (χ4v) is 11.3. The first-order valence-electron chi connectivity index (χ1n) is 16.1. The maximum Gasteiger partial charge on any atom is 0.400 e. The Bertz CT molecular complexity index is 1480. The largest absolute Gasteiger partial charge is 0.726 e. The minimum Gasteiger partial charge on any atom is -0.726 e. The molecule has 4 aliphatic heterocycles. The lowest BCUT2D eigenvalue weighted by Crippen LogP contribution is -2.55. The molecular weight excluding hydrogens is 810 g/mol. The van der Waals surface area contributed by atoms with E-state index in [0.717, 1.165) is 26.4 Å². The third kappa shape index (κ3) is 14.3.